The second-order valence-corrected chi connectivity index (χ2v) is 6.05. The van der Waals surface area contributed by atoms with Gasteiger partial charge in [-0.3, -0.25) is 4.79 Å². The maximum absolute atomic E-state index is 13.0. The lowest BCUT2D eigenvalue weighted by Gasteiger charge is -2.12. The van der Waals surface area contributed by atoms with Crippen LogP contribution in [0.4, 0.5) is 0 Å². The molecular formula is C22H17N3O5. The SMILES string of the molecule is COc1cccc(/C=C\c2c(C(=O)O)nn(-c3ccccc3OC)c(=O)c2C#N)c1. The highest BCUT2D eigenvalue weighted by molar-refractivity contribution is 5.92. The molecule has 0 saturated heterocycles. The van der Waals surface area contributed by atoms with E-state index in [4.69, 9.17) is 9.47 Å². The molecule has 0 aliphatic carbocycles. The van der Waals surface area contributed by atoms with E-state index >= 15 is 0 Å². The Morgan fingerprint density at radius 1 is 1.13 bits per heavy atom. The molecular weight excluding hydrogens is 386 g/mol. The topological polar surface area (TPSA) is 114 Å². The summed E-state index contributed by atoms with van der Waals surface area (Å²) in [6, 6.07) is 15.3. The smallest absolute Gasteiger partial charge is 0.357 e. The van der Waals surface area contributed by atoms with Gasteiger partial charge >= 0.3 is 5.97 Å². The van der Waals surface area contributed by atoms with E-state index in [1.165, 1.54) is 20.3 Å². The Morgan fingerprint density at radius 3 is 2.57 bits per heavy atom. The predicted molar refractivity (Wildman–Crippen MR) is 110 cm³/mol. The van der Waals surface area contributed by atoms with E-state index in [2.05, 4.69) is 5.10 Å². The number of carboxylic acids is 1. The van der Waals surface area contributed by atoms with Crippen LogP contribution in [-0.4, -0.2) is 35.1 Å². The van der Waals surface area contributed by atoms with Gasteiger partial charge in [0.1, 0.15) is 28.8 Å². The molecule has 0 aliphatic rings. The van der Waals surface area contributed by atoms with Crippen LogP contribution in [0.1, 0.15) is 27.2 Å². The van der Waals surface area contributed by atoms with Crippen molar-refractivity contribution >= 4 is 18.1 Å². The maximum atomic E-state index is 13.0. The Morgan fingerprint density at radius 2 is 1.90 bits per heavy atom. The Hall–Kier alpha value is -4.38. The Balaban J connectivity index is 2.23. The van der Waals surface area contributed by atoms with Gasteiger partial charge in [0.05, 0.1) is 14.2 Å². The van der Waals surface area contributed by atoms with Gasteiger partial charge in [0, 0.05) is 5.56 Å². The standard InChI is InChI=1S/C22H17N3O5/c1-29-15-7-5-6-14(12-15)10-11-16-17(13-23)21(26)25(24-20(16)22(27)28)18-8-3-4-9-19(18)30-2/h3-12H,1-2H3,(H,27,28)/b11-10-. The van der Waals surface area contributed by atoms with Crippen LogP contribution >= 0.6 is 0 Å². The number of nitriles is 1. The number of rotatable bonds is 6. The molecule has 0 amide bonds. The van der Waals surface area contributed by atoms with Crippen LogP contribution < -0.4 is 15.0 Å². The number of methoxy groups -OCH3 is 2. The third-order valence-corrected chi connectivity index (χ3v) is 4.29. The van der Waals surface area contributed by atoms with Crippen molar-refractivity contribution in [3.05, 3.63) is 81.3 Å². The van der Waals surface area contributed by atoms with Gasteiger partial charge in [-0.25, -0.2) is 4.79 Å². The number of nitrogens with zero attached hydrogens (tertiary/aromatic N) is 3. The lowest BCUT2D eigenvalue weighted by Crippen LogP contribution is -2.28. The minimum atomic E-state index is -1.37. The van der Waals surface area contributed by atoms with Gasteiger partial charge in [0.25, 0.3) is 5.56 Å². The lowest BCUT2D eigenvalue weighted by atomic mass is 10.1. The van der Waals surface area contributed by atoms with Crippen LogP contribution in [0.3, 0.4) is 0 Å². The number of benzene rings is 2. The van der Waals surface area contributed by atoms with Gasteiger partial charge in [0.2, 0.25) is 0 Å². The molecule has 8 nitrogen and oxygen atoms in total. The fraction of sp³-hybridized carbons (Fsp3) is 0.0909. The molecule has 0 unspecified atom stereocenters. The van der Waals surface area contributed by atoms with Gasteiger partial charge in [-0.1, -0.05) is 36.4 Å². The normalized spacial score (nSPS) is 10.6. The number of aromatic carboxylic acids is 1. The summed E-state index contributed by atoms with van der Waals surface area (Å²) in [6.07, 6.45) is 2.97. The quantitative estimate of drug-likeness (QED) is 0.673. The van der Waals surface area contributed by atoms with Crippen LogP contribution in [0.2, 0.25) is 0 Å². The second-order valence-electron chi connectivity index (χ2n) is 6.05. The molecule has 2 aromatic carbocycles. The van der Waals surface area contributed by atoms with Crippen molar-refractivity contribution < 1.29 is 19.4 Å². The van der Waals surface area contributed by atoms with Crippen molar-refractivity contribution in [1.82, 2.24) is 9.78 Å². The fourth-order valence-corrected chi connectivity index (χ4v) is 2.86. The Bertz CT molecular complexity index is 1240. The number of carboxylic acid groups (broad SMARTS) is 1. The number of hydrogen-bond acceptors (Lipinski definition) is 6. The summed E-state index contributed by atoms with van der Waals surface area (Å²) in [7, 11) is 2.94. The summed E-state index contributed by atoms with van der Waals surface area (Å²) in [6.45, 7) is 0. The molecule has 3 aromatic rings. The van der Waals surface area contributed by atoms with Crippen molar-refractivity contribution in [3.8, 4) is 23.3 Å². The molecule has 8 heteroatoms. The summed E-state index contributed by atoms with van der Waals surface area (Å²) in [5.74, 6) is -0.451. The zero-order valence-electron chi connectivity index (χ0n) is 16.2. The largest absolute Gasteiger partial charge is 0.497 e. The van der Waals surface area contributed by atoms with Crippen LogP contribution in [0.5, 0.6) is 11.5 Å². The van der Waals surface area contributed by atoms with E-state index in [0.29, 0.717) is 17.1 Å². The van der Waals surface area contributed by atoms with Crippen LogP contribution in [0, 0.1) is 11.3 Å². The van der Waals surface area contributed by atoms with Crippen LogP contribution in [-0.2, 0) is 0 Å². The molecule has 0 aliphatic heterocycles. The minimum Gasteiger partial charge on any atom is -0.497 e. The zero-order valence-corrected chi connectivity index (χ0v) is 16.2. The summed E-state index contributed by atoms with van der Waals surface area (Å²) in [4.78, 5) is 24.8. The first kappa shape index (κ1) is 20.4. The first-order chi connectivity index (χ1) is 14.5. The molecule has 3 rings (SSSR count). The van der Waals surface area contributed by atoms with Gasteiger partial charge in [-0.05, 0) is 29.8 Å². The summed E-state index contributed by atoms with van der Waals surface area (Å²) >= 11 is 0. The molecule has 1 N–H and O–H groups in total. The van der Waals surface area contributed by atoms with E-state index in [1.54, 1.807) is 54.6 Å². The summed E-state index contributed by atoms with van der Waals surface area (Å²) < 4.78 is 11.3. The zero-order chi connectivity index (χ0) is 21.7. The molecule has 1 aromatic heterocycles. The first-order valence-corrected chi connectivity index (χ1v) is 8.76. The summed E-state index contributed by atoms with van der Waals surface area (Å²) in [5, 5.41) is 23.3. The first-order valence-electron chi connectivity index (χ1n) is 8.76. The molecule has 0 radical (unpaired) electrons. The number of ether oxygens (including phenoxy) is 2. The molecule has 1 heterocycles. The van der Waals surface area contributed by atoms with Crippen molar-refractivity contribution in [3.63, 3.8) is 0 Å². The van der Waals surface area contributed by atoms with Crippen molar-refractivity contribution in [2.24, 2.45) is 0 Å². The molecule has 150 valence electrons. The van der Waals surface area contributed by atoms with E-state index in [9.17, 15) is 20.0 Å². The van der Waals surface area contributed by atoms with E-state index < -0.39 is 17.2 Å². The van der Waals surface area contributed by atoms with Gasteiger partial charge in [-0.2, -0.15) is 15.0 Å². The fourth-order valence-electron chi connectivity index (χ4n) is 2.86. The van der Waals surface area contributed by atoms with Crippen molar-refractivity contribution in [2.45, 2.75) is 0 Å². The third-order valence-electron chi connectivity index (χ3n) is 4.29. The summed E-state index contributed by atoms with van der Waals surface area (Å²) in [5.41, 5.74) is -0.680. The number of aromatic nitrogens is 2. The molecule has 0 saturated carbocycles. The predicted octanol–water partition coefficient (Wildman–Crippen LogP) is 2.99. The molecule has 0 fully saturated rings. The van der Waals surface area contributed by atoms with Crippen LogP contribution in [0.25, 0.3) is 17.8 Å². The third kappa shape index (κ3) is 3.91. The van der Waals surface area contributed by atoms with E-state index in [1.807, 2.05) is 6.07 Å². The van der Waals surface area contributed by atoms with Crippen LogP contribution in [0.15, 0.2) is 53.3 Å². The highest BCUT2D eigenvalue weighted by atomic mass is 16.5. The van der Waals surface area contributed by atoms with Gasteiger partial charge in [-0.15, -0.1) is 0 Å². The van der Waals surface area contributed by atoms with E-state index in [-0.39, 0.29) is 16.8 Å². The average molecular weight is 403 g/mol. The minimum absolute atomic E-state index is 0.0797. The molecule has 0 atom stereocenters. The van der Waals surface area contributed by atoms with Crippen molar-refractivity contribution in [1.29, 1.82) is 5.26 Å². The molecule has 30 heavy (non-hydrogen) atoms. The maximum Gasteiger partial charge on any atom is 0.357 e. The highest BCUT2D eigenvalue weighted by Gasteiger charge is 2.22. The molecule has 0 spiro atoms. The average Bonchev–Trinajstić information content (AvgIpc) is 2.77. The number of carbonyl (C=O) groups is 1. The second kappa shape index (κ2) is 8.75. The van der Waals surface area contributed by atoms with Gasteiger partial charge < -0.3 is 14.6 Å². The monoisotopic (exact) mass is 403 g/mol. The lowest BCUT2D eigenvalue weighted by molar-refractivity contribution is 0.0688. The highest BCUT2D eigenvalue weighted by Crippen LogP contribution is 2.22. The van der Waals surface area contributed by atoms with E-state index in [0.717, 1.165) is 4.68 Å². The van der Waals surface area contributed by atoms with Gasteiger partial charge in [0.15, 0.2) is 5.69 Å². The van der Waals surface area contributed by atoms with Crippen molar-refractivity contribution in [2.75, 3.05) is 14.2 Å². The Labute approximate surface area is 171 Å². The Kier molecular flexibility index (Phi) is 5.94. The number of para-hydroxylation sites is 2. The number of hydrogen-bond donors (Lipinski definition) is 1. The molecule has 0 bridgehead atoms.